The predicted octanol–water partition coefficient (Wildman–Crippen LogP) is 2.84. The zero-order valence-electron chi connectivity index (χ0n) is 10.7. The van der Waals surface area contributed by atoms with Gasteiger partial charge >= 0.3 is 5.97 Å². The van der Waals surface area contributed by atoms with Crippen molar-refractivity contribution < 1.29 is 9.53 Å². The van der Waals surface area contributed by atoms with E-state index in [1.165, 1.54) is 0 Å². The van der Waals surface area contributed by atoms with Crippen molar-refractivity contribution in [1.82, 2.24) is 0 Å². The Morgan fingerprint density at radius 2 is 2.22 bits per heavy atom. The lowest BCUT2D eigenvalue weighted by molar-refractivity contribution is -0.140. The fraction of sp³-hybridized carbons (Fsp3) is 0.400. The number of esters is 1. The second kappa shape index (κ2) is 3.37. The van der Waals surface area contributed by atoms with Gasteiger partial charge in [-0.1, -0.05) is 38.1 Å². The second-order valence-electron chi connectivity index (χ2n) is 5.63. The highest BCUT2D eigenvalue weighted by atomic mass is 16.6. The standard InChI is InChI=1S/C15H17NO2/c1-4-14(2,3)15-9-12(17)18-13(15)16-11-8-6-5-7-10(11)15/h4-8,13,16H,1,9H2,2-3H3/t13-,15+/m0/s1. The van der Waals surface area contributed by atoms with Crippen molar-refractivity contribution in [3.8, 4) is 0 Å². The molecule has 2 heterocycles. The number of nitrogens with one attached hydrogen (secondary N) is 1. The van der Waals surface area contributed by atoms with E-state index in [9.17, 15) is 4.79 Å². The molecule has 0 spiro atoms. The summed E-state index contributed by atoms with van der Waals surface area (Å²) in [4.78, 5) is 11.7. The van der Waals surface area contributed by atoms with Gasteiger partial charge in [-0.25, -0.2) is 0 Å². The highest BCUT2D eigenvalue weighted by Crippen LogP contribution is 2.57. The van der Waals surface area contributed by atoms with Crippen molar-refractivity contribution in [3.63, 3.8) is 0 Å². The molecule has 0 radical (unpaired) electrons. The van der Waals surface area contributed by atoms with E-state index in [4.69, 9.17) is 4.74 Å². The normalized spacial score (nSPS) is 29.2. The lowest BCUT2D eigenvalue weighted by Crippen LogP contribution is -2.46. The van der Waals surface area contributed by atoms with Crippen molar-refractivity contribution in [2.24, 2.45) is 5.41 Å². The number of carbonyl (C=O) groups is 1. The van der Waals surface area contributed by atoms with E-state index in [-0.39, 0.29) is 23.0 Å². The summed E-state index contributed by atoms with van der Waals surface area (Å²) in [6.07, 6.45) is 2.04. The van der Waals surface area contributed by atoms with Crippen LogP contribution in [0.1, 0.15) is 25.8 Å². The van der Waals surface area contributed by atoms with Crippen molar-refractivity contribution in [3.05, 3.63) is 42.5 Å². The zero-order chi connectivity index (χ0) is 13.0. The number of rotatable bonds is 2. The Bertz CT molecular complexity index is 535. The maximum atomic E-state index is 11.7. The molecule has 1 fully saturated rings. The first-order valence-corrected chi connectivity index (χ1v) is 6.20. The highest BCUT2D eigenvalue weighted by Gasteiger charge is 2.61. The predicted molar refractivity (Wildman–Crippen MR) is 70.2 cm³/mol. The van der Waals surface area contributed by atoms with Crippen LogP contribution in [0.25, 0.3) is 0 Å². The smallest absolute Gasteiger partial charge is 0.308 e. The number of para-hydroxylation sites is 1. The minimum Gasteiger partial charge on any atom is -0.441 e. The van der Waals surface area contributed by atoms with Gasteiger partial charge in [-0.2, -0.15) is 0 Å². The van der Waals surface area contributed by atoms with Gasteiger partial charge in [-0.3, -0.25) is 4.79 Å². The molecule has 2 atom stereocenters. The fourth-order valence-electron chi connectivity index (χ4n) is 3.22. The third kappa shape index (κ3) is 1.17. The van der Waals surface area contributed by atoms with E-state index in [0.717, 1.165) is 11.3 Å². The van der Waals surface area contributed by atoms with Crippen LogP contribution in [0, 0.1) is 5.41 Å². The average Bonchev–Trinajstić information content (AvgIpc) is 2.82. The molecule has 3 nitrogen and oxygen atoms in total. The number of allylic oxidation sites excluding steroid dienone is 1. The quantitative estimate of drug-likeness (QED) is 0.641. The van der Waals surface area contributed by atoms with Crippen LogP contribution in [-0.2, 0) is 14.9 Å². The molecule has 1 N–H and O–H groups in total. The van der Waals surface area contributed by atoms with Crippen LogP contribution in [0.15, 0.2) is 36.9 Å². The fourth-order valence-corrected chi connectivity index (χ4v) is 3.22. The first kappa shape index (κ1) is 11.3. The molecular formula is C15H17NO2. The number of fused-ring (bicyclic) bond motifs is 3. The van der Waals surface area contributed by atoms with Gasteiger partial charge in [0, 0.05) is 5.69 Å². The molecule has 3 heteroatoms. The van der Waals surface area contributed by atoms with E-state index >= 15 is 0 Å². The first-order valence-electron chi connectivity index (χ1n) is 6.20. The number of ether oxygens (including phenoxy) is 1. The number of hydrogen-bond acceptors (Lipinski definition) is 3. The molecular weight excluding hydrogens is 226 g/mol. The molecule has 2 aliphatic rings. The molecule has 18 heavy (non-hydrogen) atoms. The van der Waals surface area contributed by atoms with E-state index in [1.807, 2.05) is 24.3 Å². The van der Waals surface area contributed by atoms with E-state index < -0.39 is 0 Å². The topological polar surface area (TPSA) is 38.3 Å². The lowest BCUT2D eigenvalue weighted by atomic mass is 9.61. The summed E-state index contributed by atoms with van der Waals surface area (Å²) in [5.74, 6) is -0.142. The Labute approximate surface area is 107 Å². The minimum atomic E-state index is -0.345. The monoisotopic (exact) mass is 243 g/mol. The SMILES string of the molecule is C=CC(C)(C)[C@@]12CC(=O)O[C@@H]1Nc1ccccc12. The number of anilines is 1. The van der Waals surface area contributed by atoms with Crippen molar-refractivity contribution in [2.75, 3.05) is 5.32 Å². The third-order valence-electron chi connectivity index (χ3n) is 4.47. The Kier molecular flexibility index (Phi) is 2.12. The lowest BCUT2D eigenvalue weighted by Gasteiger charge is -2.40. The Balaban J connectivity index is 2.24. The molecule has 1 aromatic rings. The van der Waals surface area contributed by atoms with E-state index in [0.29, 0.717) is 6.42 Å². The summed E-state index contributed by atoms with van der Waals surface area (Å²) >= 11 is 0. The third-order valence-corrected chi connectivity index (χ3v) is 4.47. The molecule has 3 rings (SSSR count). The first-order chi connectivity index (χ1) is 8.51. The van der Waals surface area contributed by atoms with Crippen molar-refractivity contribution in [2.45, 2.75) is 31.9 Å². The summed E-state index contributed by atoms with van der Waals surface area (Å²) in [6.45, 7) is 8.16. The largest absolute Gasteiger partial charge is 0.441 e. The summed E-state index contributed by atoms with van der Waals surface area (Å²) in [5, 5.41) is 3.32. The second-order valence-corrected chi connectivity index (χ2v) is 5.63. The van der Waals surface area contributed by atoms with Crippen molar-refractivity contribution in [1.29, 1.82) is 0 Å². The van der Waals surface area contributed by atoms with Crippen LogP contribution >= 0.6 is 0 Å². The molecule has 1 aromatic carbocycles. The Hall–Kier alpha value is -1.77. The summed E-state index contributed by atoms with van der Waals surface area (Å²) in [5.41, 5.74) is 1.65. The van der Waals surface area contributed by atoms with Gasteiger partial charge in [-0.15, -0.1) is 6.58 Å². The maximum Gasteiger partial charge on any atom is 0.308 e. The highest BCUT2D eigenvalue weighted by molar-refractivity contribution is 5.80. The molecule has 2 aliphatic heterocycles. The Morgan fingerprint density at radius 3 is 2.94 bits per heavy atom. The van der Waals surface area contributed by atoms with Crippen LogP contribution in [0.3, 0.4) is 0 Å². The zero-order valence-corrected chi connectivity index (χ0v) is 10.7. The Morgan fingerprint density at radius 1 is 1.50 bits per heavy atom. The van der Waals surface area contributed by atoms with Gasteiger partial charge in [0.2, 0.25) is 0 Å². The van der Waals surface area contributed by atoms with Gasteiger partial charge in [0.05, 0.1) is 11.8 Å². The van der Waals surface area contributed by atoms with Crippen LogP contribution in [0.4, 0.5) is 5.69 Å². The van der Waals surface area contributed by atoms with Crippen LogP contribution in [0.5, 0.6) is 0 Å². The van der Waals surface area contributed by atoms with Crippen LogP contribution in [0.2, 0.25) is 0 Å². The number of carbonyl (C=O) groups excluding carboxylic acids is 1. The molecule has 0 saturated carbocycles. The van der Waals surface area contributed by atoms with E-state index in [2.05, 4.69) is 31.8 Å². The molecule has 0 aromatic heterocycles. The number of benzene rings is 1. The molecule has 0 bridgehead atoms. The van der Waals surface area contributed by atoms with Gasteiger partial charge in [0.15, 0.2) is 6.23 Å². The van der Waals surface area contributed by atoms with Gasteiger partial charge in [0.1, 0.15) is 0 Å². The average molecular weight is 243 g/mol. The van der Waals surface area contributed by atoms with Gasteiger partial charge < -0.3 is 10.1 Å². The molecule has 0 unspecified atom stereocenters. The van der Waals surface area contributed by atoms with Gasteiger partial charge in [0.25, 0.3) is 0 Å². The molecule has 94 valence electrons. The summed E-state index contributed by atoms with van der Waals surface area (Å²) in [7, 11) is 0. The maximum absolute atomic E-state index is 11.7. The van der Waals surface area contributed by atoms with Crippen LogP contribution in [-0.4, -0.2) is 12.2 Å². The molecule has 1 saturated heterocycles. The molecule has 0 amide bonds. The summed E-state index contributed by atoms with van der Waals surface area (Å²) in [6, 6.07) is 8.11. The van der Waals surface area contributed by atoms with E-state index in [1.54, 1.807) is 0 Å². The molecule has 0 aliphatic carbocycles. The minimum absolute atomic E-state index is 0.142. The number of hydrogen-bond donors (Lipinski definition) is 1. The summed E-state index contributed by atoms with van der Waals surface area (Å²) < 4.78 is 5.46. The van der Waals surface area contributed by atoms with Crippen molar-refractivity contribution >= 4 is 11.7 Å². The van der Waals surface area contributed by atoms with Crippen LogP contribution < -0.4 is 5.32 Å². The van der Waals surface area contributed by atoms with Gasteiger partial charge in [-0.05, 0) is 17.0 Å².